The molecule has 5 nitrogen and oxygen atoms in total. The summed E-state index contributed by atoms with van der Waals surface area (Å²) in [6.45, 7) is 4.36. The Kier molecular flexibility index (Phi) is 4.94. The first-order valence-corrected chi connectivity index (χ1v) is 8.29. The Balaban J connectivity index is 1.58. The van der Waals surface area contributed by atoms with Crippen molar-refractivity contribution in [2.75, 3.05) is 13.1 Å². The molecule has 1 amide bonds. The van der Waals surface area contributed by atoms with Gasteiger partial charge in [0.05, 0.1) is 0 Å². The van der Waals surface area contributed by atoms with Crippen molar-refractivity contribution in [2.24, 2.45) is 7.05 Å². The van der Waals surface area contributed by atoms with E-state index in [0.717, 1.165) is 37.2 Å². The van der Waals surface area contributed by atoms with Crippen LogP contribution in [0.1, 0.15) is 34.6 Å². The van der Waals surface area contributed by atoms with Gasteiger partial charge in [0.15, 0.2) is 0 Å². The van der Waals surface area contributed by atoms with E-state index in [9.17, 15) is 9.18 Å². The van der Waals surface area contributed by atoms with Crippen LogP contribution >= 0.6 is 0 Å². The van der Waals surface area contributed by atoms with Crippen LogP contribution in [-0.4, -0.2) is 39.7 Å². The normalized spacial score (nSPS) is 18.5. The number of carbonyl (C=O) groups excluding carboxylic acids is 1. The van der Waals surface area contributed by atoms with Gasteiger partial charge in [0.1, 0.15) is 11.5 Å². The second-order valence-corrected chi connectivity index (χ2v) is 6.47. The van der Waals surface area contributed by atoms with E-state index in [1.165, 1.54) is 6.07 Å². The van der Waals surface area contributed by atoms with Crippen molar-refractivity contribution < 1.29 is 9.18 Å². The van der Waals surface area contributed by atoms with Gasteiger partial charge in [-0.05, 0) is 50.1 Å². The molecule has 1 atom stereocenters. The second kappa shape index (κ2) is 7.13. The fraction of sp³-hybridized carbons (Fsp3) is 0.444. The largest absolute Gasteiger partial charge is 0.347 e. The molecule has 1 N–H and O–H groups in total. The maximum atomic E-state index is 13.3. The van der Waals surface area contributed by atoms with Gasteiger partial charge in [-0.2, -0.15) is 5.10 Å². The molecule has 1 saturated heterocycles. The molecule has 0 radical (unpaired) electrons. The van der Waals surface area contributed by atoms with Crippen LogP contribution < -0.4 is 5.32 Å². The second-order valence-electron chi connectivity index (χ2n) is 6.47. The number of rotatable bonds is 4. The summed E-state index contributed by atoms with van der Waals surface area (Å²) in [4.78, 5) is 14.6. The number of halogens is 1. The van der Waals surface area contributed by atoms with E-state index in [1.807, 2.05) is 20.0 Å². The number of nitrogens with zero attached hydrogens (tertiary/aromatic N) is 3. The summed E-state index contributed by atoms with van der Waals surface area (Å²) in [7, 11) is 1.83. The molecule has 3 rings (SSSR count). The molecule has 1 aromatic carbocycles. The number of aryl methyl sites for hydroxylation is 2. The highest BCUT2D eigenvalue weighted by atomic mass is 19.1. The molecule has 0 bridgehead atoms. The number of hydrogen-bond acceptors (Lipinski definition) is 3. The highest BCUT2D eigenvalue weighted by Crippen LogP contribution is 2.15. The van der Waals surface area contributed by atoms with Gasteiger partial charge in [-0.15, -0.1) is 0 Å². The Hall–Kier alpha value is -2.21. The van der Waals surface area contributed by atoms with Gasteiger partial charge >= 0.3 is 0 Å². The number of aromatic nitrogens is 2. The van der Waals surface area contributed by atoms with Gasteiger partial charge in [-0.3, -0.25) is 14.4 Å². The molecule has 0 saturated carbocycles. The molecular weight excluding hydrogens is 307 g/mol. The van der Waals surface area contributed by atoms with E-state index in [0.29, 0.717) is 12.2 Å². The molecule has 0 aliphatic carbocycles. The molecule has 128 valence electrons. The van der Waals surface area contributed by atoms with Crippen molar-refractivity contribution in [3.8, 4) is 0 Å². The lowest BCUT2D eigenvalue weighted by atomic mass is 10.0. The predicted molar refractivity (Wildman–Crippen MR) is 90.1 cm³/mol. The van der Waals surface area contributed by atoms with Crippen LogP contribution in [-0.2, 0) is 13.6 Å². The van der Waals surface area contributed by atoms with Gasteiger partial charge < -0.3 is 5.32 Å². The van der Waals surface area contributed by atoms with E-state index < -0.39 is 0 Å². The molecule has 2 heterocycles. The Bertz CT molecular complexity index is 708. The zero-order chi connectivity index (χ0) is 17.1. The lowest BCUT2D eigenvalue weighted by Crippen LogP contribution is -2.47. The highest BCUT2D eigenvalue weighted by molar-refractivity contribution is 5.92. The average molecular weight is 330 g/mol. The standard InChI is InChI=1S/C18H23FN4O/c1-13-9-17(21-22(13)2)18(24)20-16-7-4-8-23(12-16)11-14-5-3-6-15(19)10-14/h3,5-6,9-10,16H,4,7-8,11-12H2,1-2H3,(H,20,24). The number of benzene rings is 1. The molecular formula is C18H23FN4O. The maximum Gasteiger partial charge on any atom is 0.272 e. The van der Waals surface area contributed by atoms with Gasteiger partial charge in [0.25, 0.3) is 5.91 Å². The summed E-state index contributed by atoms with van der Waals surface area (Å²) in [6, 6.07) is 8.58. The first-order valence-electron chi connectivity index (χ1n) is 8.29. The Morgan fingerprint density at radius 1 is 1.42 bits per heavy atom. The van der Waals surface area contributed by atoms with Crippen LogP contribution in [0, 0.1) is 12.7 Å². The van der Waals surface area contributed by atoms with Crippen molar-refractivity contribution in [3.05, 3.63) is 53.1 Å². The minimum absolute atomic E-state index is 0.0992. The van der Waals surface area contributed by atoms with Crippen LogP contribution in [0.15, 0.2) is 30.3 Å². The highest BCUT2D eigenvalue weighted by Gasteiger charge is 2.23. The van der Waals surface area contributed by atoms with Crippen LogP contribution in [0.3, 0.4) is 0 Å². The minimum Gasteiger partial charge on any atom is -0.347 e. The zero-order valence-electron chi connectivity index (χ0n) is 14.1. The fourth-order valence-electron chi connectivity index (χ4n) is 3.14. The maximum absolute atomic E-state index is 13.3. The van der Waals surface area contributed by atoms with E-state index in [4.69, 9.17) is 0 Å². The summed E-state index contributed by atoms with van der Waals surface area (Å²) < 4.78 is 15.0. The molecule has 0 spiro atoms. The third-order valence-electron chi connectivity index (χ3n) is 4.48. The van der Waals surface area contributed by atoms with E-state index in [2.05, 4.69) is 15.3 Å². The van der Waals surface area contributed by atoms with E-state index in [-0.39, 0.29) is 17.8 Å². The third kappa shape index (κ3) is 4.00. The molecule has 1 fully saturated rings. The smallest absolute Gasteiger partial charge is 0.272 e. The molecule has 1 aromatic heterocycles. The predicted octanol–water partition coefficient (Wildman–Crippen LogP) is 2.26. The summed E-state index contributed by atoms with van der Waals surface area (Å²) in [6.07, 6.45) is 1.97. The van der Waals surface area contributed by atoms with Gasteiger partial charge in [-0.25, -0.2) is 4.39 Å². The van der Waals surface area contributed by atoms with Crippen LogP contribution in [0.2, 0.25) is 0 Å². The lowest BCUT2D eigenvalue weighted by molar-refractivity contribution is 0.0895. The number of piperidine rings is 1. The SMILES string of the molecule is Cc1cc(C(=O)NC2CCCN(Cc3cccc(F)c3)C2)nn1C. The molecule has 24 heavy (non-hydrogen) atoms. The van der Waals surface area contributed by atoms with Crippen LogP contribution in [0.25, 0.3) is 0 Å². The van der Waals surface area contributed by atoms with Gasteiger partial charge in [0.2, 0.25) is 0 Å². The lowest BCUT2D eigenvalue weighted by Gasteiger charge is -2.33. The van der Waals surface area contributed by atoms with Crippen LogP contribution in [0.5, 0.6) is 0 Å². The Morgan fingerprint density at radius 2 is 2.25 bits per heavy atom. The summed E-state index contributed by atoms with van der Waals surface area (Å²) in [5.74, 6) is -0.337. The topological polar surface area (TPSA) is 50.2 Å². The molecule has 1 aliphatic rings. The van der Waals surface area contributed by atoms with Crippen molar-refractivity contribution >= 4 is 5.91 Å². The third-order valence-corrected chi connectivity index (χ3v) is 4.48. The molecule has 2 aromatic rings. The number of nitrogens with one attached hydrogen (secondary N) is 1. The molecule has 6 heteroatoms. The Labute approximate surface area is 141 Å². The zero-order valence-corrected chi connectivity index (χ0v) is 14.1. The molecule has 1 unspecified atom stereocenters. The fourth-order valence-corrected chi connectivity index (χ4v) is 3.14. The minimum atomic E-state index is -0.208. The van der Waals surface area contributed by atoms with Gasteiger partial charge in [0, 0.05) is 31.9 Å². The van der Waals surface area contributed by atoms with Crippen LogP contribution in [0.4, 0.5) is 4.39 Å². The number of amides is 1. The summed E-state index contributed by atoms with van der Waals surface area (Å²) >= 11 is 0. The quantitative estimate of drug-likeness (QED) is 0.935. The monoisotopic (exact) mass is 330 g/mol. The summed E-state index contributed by atoms with van der Waals surface area (Å²) in [5, 5.41) is 7.29. The van der Waals surface area contributed by atoms with E-state index >= 15 is 0 Å². The first kappa shape index (κ1) is 16.6. The Morgan fingerprint density at radius 3 is 2.96 bits per heavy atom. The average Bonchev–Trinajstić information content (AvgIpc) is 2.87. The van der Waals surface area contributed by atoms with Crippen molar-refractivity contribution in [3.63, 3.8) is 0 Å². The van der Waals surface area contributed by atoms with Crippen molar-refractivity contribution in [1.29, 1.82) is 0 Å². The number of hydrogen-bond donors (Lipinski definition) is 1. The number of likely N-dealkylation sites (tertiary alicyclic amines) is 1. The van der Waals surface area contributed by atoms with E-state index in [1.54, 1.807) is 22.9 Å². The first-order chi connectivity index (χ1) is 11.5. The summed E-state index contributed by atoms with van der Waals surface area (Å²) in [5.41, 5.74) is 2.37. The molecule has 1 aliphatic heterocycles. The van der Waals surface area contributed by atoms with Crippen molar-refractivity contribution in [2.45, 2.75) is 32.4 Å². The number of carbonyl (C=O) groups is 1. The van der Waals surface area contributed by atoms with Crippen molar-refractivity contribution in [1.82, 2.24) is 20.0 Å². The van der Waals surface area contributed by atoms with Gasteiger partial charge in [-0.1, -0.05) is 12.1 Å².